The van der Waals surface area contributed by atoms with Crippen LogP contribution >= 0.6 is 0 Å². The normalized spacial score (nSPS) is 24.7. The molecule has 0 radical (unpaired) electrons. The summed E-state index contributed by atoms with van der Waals surface area (Å²) in [7, 11) is 2.01. The molecule has 3 atom stereocenters. The summed E-state index contributed by atoms with van der Waals surface area (Å²) in [5, 5.41) is 5.75. The van der Waals surface area contributed by atoms with Crippen molar-refractivity contribution in [2.45, 2.75) is 50.2 Å². The van der Waals surface area contributed by atoms with Crippen LogP contribution in [-0.2, 0) is 20.8 Å². The van der Waals surface area contributed by atoms with E-state index < -0.39 is 23.9 Å². The van der Waals surface area contributed by atoms with Gasteiger partial charge in [-0.05, 0) is 50.6 Å². The largest absolute Gasteiger partial charge is 0.491 e. The van der Waals surface area contributed by atoms with Gasteiger partial charge in [-0.25, -0.2) is 0 Å². The fourth-order valence-corrected chi connectivity index (χ4v) is 5.88. The Morgan fingerprint density at radius 3 is 2.51 bits per heavy atom. The highest BCUT2D eigenvalue weighted by Gasteiger charge is 2.36. The molecular formula is C31H39N5O5. The van der Waals surface area contributed by atoms with Crippen LogP contribution in [0.15, 0.2) is 54.6 Å². The second-order valence-corrected chi connectivity index (χ2v) is 11.2. The number of para-hydroxylation sites is 1. The predicted octanol–water partition coefficient (Wildman–Crippen LogP) is 1.45. The van der Waals surface area contributed by atoms with Gasteiger partial charge in [0.15, 0.2) is 0 Å². The van der Waals surface area contributed by atoms with Crippen molar-refractivity contribution in [3.8, 4) is 5.75 Å². The molecule has 2 aromatic carbocycles. The minimum atomic E-state index is -1.09. The van der Waals surface area contributed by atoms with Crippen molar-refractivity contribution in [1.82, 2.24) is 25.3 Å². The molecular weight excluding hydrogens is 522 g/mol. The van der Waals surface area contributed by atoms with Crippen molar-refractivity contribution >= 4 is 23.6 Å². The molecule has 2 saturated heterocycles. The van der Waals surface area contributed by atoms with Crippen LogP contribution in [0.4, 0.5) is 0 Å². The van der Waals surface area contributed by atoms with E-state index in [0.717, 1.165) is 31.4 Å². The molecule has 4 amide bonds. The summed E-state index contributed by atoms with van der Waals surface area (Å²) in [6.45, 7) is 3.43. The summed E-state index contributed by atoms with van der Waals surface area (Å²) in [4.78, 5) is 60.3. The number of rotatable bonds is 3. The topological polar surface area (TPSA) is 111 Å². The highest BCUT2D eigenvalue weighted by Crippen LogP contribution is 2.24. The summed E-state index contributed by atoms with van der Waals surface area (Å²) >= 11 is 0. The van der Waals surface area contributed by atoms with Gasteiger partial charge in [0.05, 0.1) is 18.0 Å². The third kappa shape index (κ3) is 7.05. The van der Waals surface area contributed by atoms with Crippen molar-refractivity contribution in [3.63, 3.8) is 0 Å². The second-order valence-electron chi connectivity index (χ2n) is 11.2. The number of hydrogen-bond acceptors (Lipinski definition) is 6. The summed E-state index contributed by atoms with van der Waals surface area (Å²) in [5.41, 5.74) is 1.21. The van der Waals surface area contributed by atoms with Crippen LogP contribution < -0.4 is 15.4 Å². The zero-order valence-electron chi connectivity index (χ0n) is 23.6. The molecule has 0 saturated carbocycles. The number of amides is 4. The van der Waals surface area contributed by atoms with Crippen LogP contribution in [0.3, 0.4) is 0 Å². The van der Waals surface area contributed by atoms with Crippen LogP contribution in [0.2, 0.25) is 0 Å². The monoisotopic (exact) mass is 561 g/mol. The molecule has 10 nitrogen and oxygen atoms in total. The summed E-state index contributed by atoms with van der Waals surface area (Å²) in [5.74, 6) is -1.02. The van der Waals surface area contributed by atoms with Gasteiger partial charge in [0, 0.05) is 32.6 Å². The molecule has 0 bridgehead atoms. The van der Waals surface area contributed by atoms with Gasteiger partial charge >= 0.3 is 0 Å². The fourth-order valence-electron chi connectivity index (χ4n) is 5.88. The first-order valence-corrected chi connectivity index (χ1v) is 14.5. The lowest BCUT2D eigenvalue weighted by atomic mass is 10.0. The van der Waals surface area contributed by atoms with E-state index in [1.54, 1.807) is 34.1 Å². The Labute approximate surface area is 241 Å². The van der Waals surface area contributed by atoms with E-state index in [9.17, 15) is 19.2 Å². The first-order valence-electron chi connectivity index (χ1n) is 14.5. The molecule has 10 heteroatoms. The predicted molar refractivity (Wildman–Crippen MR) is 153 cm³/mol. The fraction of sp³-hybridized carbons (Fsp3) is 0.484. The van der Waals surface area contributed by atoms with Gasteiger partial charge in [-0.15, -0.1) is 0 Å². The molecule has 5 rings (SSSR count). The standard InChI is InChI=1S/C31H39N5O5/c1-34-14-8-15-35(18-17-34)30(39)26-20-28(37)32-25(19-22-9-3-2-4-10-22)31(40)36-16-7-11-23(36)21-41-27-13-6-5-12-24(27)29(38)33-26/h2-6,9-10,12-13,23,25-26H,7-8,11,14-21H2,1H3,(H,32,37)(H,33,38)/t23-,25+,26+/m1/s1. The van der Waals surface area contributed by atoms with Gasteiger partial charge in [0.25, 0.3) is 5.91 Å². The molecule has 0 aliphatic carbocycles. The van der Waals surface area contributed by atoms with E-state index in [0.29, 0.717) is 38.3 Å². The van der Waals surface area contributed by atoms with E-state index in [2.05, 4.69) is 15.5 Å². The van der Waals surface area contributed by atoms with E-state index in [-0.39, 0.29) is 36.4 Å². The van der Waals surface area contributed by atoms with Gasteiger partial charge in [0.2, 0.25) is 17.7 Å². The molecule has 3 heterocycles. The Hall–Kier alpha value is -3.92. The minimum absolute atomic E-state index is 0.166. The molecule has 2 N–H and O–H groups in total. The smallest absolute Gasteiger partial charge is 0.255 e. The number of nitrogens with zero attached hydrogens (tertiary/aromatic N) is 3. The van der Waals surface area contributed by atoms with Gasteiger partial charge in [-0.2, -0.15) is 0 Å². The van der Waals surface area contributed by atoms with Gasteiger partial charge < -0.3 is 30.1 Å². The summed E-state index contributed by atoms with van der Waals surface area (Å²) in [6, 6.07) is 14.4. The quantitative estimate of drug-likeness (QED) is 0.587. The first kappa shape index (κ1) is 28.6. The molecule has 0 unspecified atom stereocenters. The number of nitrogens with one attached hydrogen (secondary N) is 2. The van der Waals surface area contributed by atoms with Crippen LogP contribution in [-0.4, -0.2) is 103 Å². The van der Waals surface area contributed by atoms with Crippen LogP contribution in [0.1, 0.15) is 41.6 Å². The van der Waals surface area contributed by atoms with Crippen molar-refractivity contribution in [2.75, 3.05) is 46.4 Å². The van der Waals surface area contributed by atoms with Gasteiger partial charge in [-0.1, -0.05) is 42.5 Å². The molecule has 3 aliphatic heterocycles. The third-order valence-electron chi connectivity index (χ3n) is 8.16. The number of ether oxygens (including phenoxy) is 1. The molecule has 2 aromatic rings. The number of carbonyl (C=O) groups is 4. The Morgan fingerprint density at radius 2 is 1.68 bits per heavy atom. The summed E-state index contributed by atoms with van der Waals surface area (Å²) in [6.07, 6.45) is 2.45. The minimum Gasteiger partial charge on any atom is -0.491 e. The van der Waals surface area contributed by atoms with Crippen LogP contribution in [0.5, 0.6) is 5.75 Å². The maximum absolute atomic E-state index is 13.9. The number of fused-ring (bicyclic) bond motifs is 2. The highest BCUT2D eigenvalue weighted by molar-refractivity contribution is 6.01. The van der Waals surface area contributed by atoms with Crippen LogP contribution in [0.25, 0.3) is 0 Å². The van der Waals surface area contributed by atoms with E-state index >= 15 is 0 Å². The lowest BCUT2D eigenvalue weighted by Gasteiger charge is -2.31. The maximum Gasteiger partial charge on any atom is 0.255 e. The average molecular weight is 562 g/mol. The van der Waals surface area contributed by atoms with E-state index in [1.807, 2.05) is 37.4 Å². The Balaban J connectivity index is 1.46. The zero-order valence-corrected chi connectivity index (χ0v) is 23.6. The molecule has 3 aliphatic rings. The zero-order chi connectivity index (χ0) is 28.8. The number of carbonyl (C=O) groups excluding carboxylic acids is 4. The van der Waals surface area contributed by atoms with Gasteiger partial charge in [-0.3, -0.25) is 19.2 Å². The summed E-state index contributed by atoms with van der Waals surface area (Å²) < 4.78 is 6.14. The molecule has 41 heavy (non-hydrogen) atoms. The Morgan fingerprint density at radius 1 is 0.902 bits per heavy atom. The molecule has 0 aromatic heterocycles. The lowest BCUT2D eigenvalue weighted by Crippen LogP contribution is -2.55. The van der Waals surface area contributed by atoms with Crippen molar-refractivity contribution < 1.29 is 23.9 Å². The molecule has 218 valence electrons. The Bertz CT molecular complexity index is 1250. The van der Waals surface area contributed by atoms with Crippen molar-refractivity contribution in [1.29, 1.82) is 0 Å². The van der Waals surface area contributed by atoms with Gasteiger partial charge in [0.1, 0.15) is 24.4 Å². The Kier molecular flexibility index (Phi) is 9.18. The SMILES string of the molecule is CN1CCCN(C(=O)[C@@H]2CC(=O)N[C@@H](Cc3ccccc3)C(=O)N3CCC[C@@H]3COc3ccccc3C(=O)N2)CC1. The number of hydrogen-bond donors (Lipinski definition) is 2. The number of likely N-dealkylation sites (N-methyl/N-ethyl adjacent to an activating group) is 1. The molecule has 0 spiro atoms. The highest BCUT2D eigenvalue weighted by atomic mass is 16.5. The van der Waals surface area contributed by atoms with E-state index in [1.165, 1.54) is 0 Å². The first-order chi connectivity index (χ1) is 19.9. The van der Waals surface area contributed by atoms with Crippen molar-refractivity contribution in [2.24, 2.45) is 0 Å². The molecule has 2 fully saturated rings. The number of benzene rings is 2. The van der Waals surface area contributed by atoms with Crippen molar-refractivity contribution in [3.05, 3.63) is 65.7 Å². The van der Waals surface area contributed by atoms with E-state index in [4.69, 9.17) is 4.74 Å². The average Bonchev–Trinajstić information content (AvgIpc) is 3.34. The van der Waals surface area contributed by atoms with Crippen LogP contribution in [0, 0.1) is 0 Å². The second kappa shape index (κ2) is 13.2. The third-order valence-corrected chi connectivity index (χ3v) is 8.16. The lowest BCUT2D eigenvalue weighted by molar-refractivity contribution is -0.138. The maximum atomic E-state index is 13.9.